The van der Waals surface area contributed by atoms with Crippen molar-refractivity contribution in [2.75, 3.05) is 13.1 Å². The molecule has 1 aliphatic rings. The molecule has 5 nitrogen and oxygen atoms in total. The second kappa shape index (κ2) is 7.07. The molecule has 0 saturated heterocycles. The van der Waals surface area contributed by atoms with Crippen molar-refractivity contribution < 1.29 is 14.7 Å². The molecule has 0 atom stereocenters. The molecule has 0 heterocycles. The van der Waals surface area contributed by atoms with Gasteiger partial charge in [-0.05, 0) is 33.6 Å². The summed E-state index contributed by atoms with van der Waals surface area (Å²) < 4.78 is 0. The van der Waals surface area contributed by atoms with Crippen molar-refractivity contribution in [2.24, 2.45) is 5.41 Å². The summed E-state index contributed by atoms with van der Waals surface area (Å²) in [6, 6.07) is 0. The van der Waals surface area contributed by atoms with Crippen molar-refractivity contribution in [1.82, 2.24) is 10.6 Å². The number of hydrogen-bond donors (Lipinski definition) is 3. The van der Waals surface area contributed by atoms with Crippen molar-refractivity contribution in [3.8, 4) is 0 Å². The van der Waals surface area contributed by atoms with Gasteiger partial charge in [0.1, 0.15) is 0 Å². The summed E-state index contributed by atoms with van der Waals surface area (Å²) in [5.41, 5.74) is -1.49. The van der Waals surface area contributed by atoms with Crippen LogP contribution in [0, 0.1) is 5.41 Å². The van der Waals surface area contributed by atoms with Crippen LogP contribution in [0.4, 0.5) is 0 Å². The highest BCUT2D eigenvalue weighted by Gasteiger charge is 2.33. The van der Waals surface area contributed by atoms with Crippen LogP contribution in [0.15, 0.2) is 0 Å². The maximum atomic E-state index is 11.9. The summed E-state index contributed by atoms with van der Waals surface area (Å²) in [6.07, 6.45) is 4.62. The van der Waals surface area contributed by atoms with Crippen LogP contribution < -0.4 is 10.6 Å². The molecule has 0 aliphatic heterocycles. The van der Waals surface area contributed by atoms with Crippen molar-refractivity contribution in [3.63, 3.8) is 0 Å². The minimum Gasteiger partial charge on any atom is -0.389 e. The maximum Gasteiger partial charge on any atom is 0.227 e. The molecule has 0 spiro atoms. The number of hydrogen-bond acceptors (Lipinski definition) is 3. The van der Waals surface area contributed by atoms with Crippen LogP contribution in [-0.2, 0) is 9.59 Å². The fourth-order valence-corrected chi connectivity index (χ4v) is 2.55. The smallest absolute Gasteiger partial charge is 0.227 e. The van der Waals surface area contributed by atoms with Gasteiger partial charge in [-0.3, -0.25) is 9.59 Å². The standard InChI is InChI=1S/C15H28N2O3/c1-4-16-13(19)14(2,3)11-17-12(18)10-15(20)8-6-5-7-9-15/h20H,4-11H2,1-3H3,(H,16,19)(H,17,18). The molecule has 3 N–H and O–H groups in total. The van der Waals surface area contributed by atoms with Gasteiger partial charge in [-0.2, -0.15) is 0 Å². The van der Waals surface area contributed by atoms with Gasteiger partial charge in [0, 0.05) is 13.1 Å². The molecular weight excluding hydrogens is 256 g/mol. The molecule has 0 aromatic carbocycles. The third kappa shape index (κ3) is 5.12. The second-order valence-corrected chi connectivity index (χ2v) is 6.48. The van der Waals surface area contributed by atoms with Gasteiger partial charge in [-0.25, -0.2) is 0 Å². The van der Waals surface area contributed by atoms with Crippen molar-refractivity contribution in [3.05, 3.63) is 0 Å². The molecule has 0 aromatic heterocycles. The quantitative estimate of drug-likeness (QED) is 0.689. The zero-order valence-corrected chi connectivity index (χ0v) is 12.9. The van der Waals surface area contributed by atoms with Crippen LogP contribution in [0.3, 0.4) is 0 Å². The highest BCUT2D eigenvalue weighted by molar-refractivity contribution is 5.83. The minimum absolute atomic E-state index is 0.0725. The molecular formula is C15H28N2O3. The first-order valence-electron chi connectivity index (χ1n) is 7.56. The first-order valence-corrected chi connectivity index (χ1v) is 7.56. The van der Waals surface area contributed by atoms with E-state index in [2.05, 4.69) is 10.6 Å². The number of nitrogens with one attached hydrogen (secondary N) is 2. The van der Waals surface area contributed by atoms with Gasteiger partial charge in [0.25, 0.3) is 0 Å². The summed E-state index contributed by atoms with van der Waals surface area (Å²) in [4.78, 5) is 23.8. The van der Waals surface area contributed by atoms with E-state index < -0.39 is 11.0 Å². The molecule has 2 amide bonds. The number of amides is 2. The Kier molecular flexibility index (Phi) is 5.99. The molecule has 20 heavy (non-hydrogen) atoms. The maximum absolute atomic E-state index is 11.9. The van der Waals surface area contributed by atoms with E-state index in [-0.39, 0.29) is 24.8 Å². The normalized spacial score (nSPS) is 18.4. The van der Waals surface area contributed by atoms with E-state index in [1.165, 1.54) is 0 Å². The molecule has 1 rings (SSSR count). The first-order chi connectivity index (χ1) is 9.29. The van der Waals surface area contributed by atoms with Crippen LogP contribution in [0.2, 0.25) is 0 Å². The predicted molar refractivity (Wildman–Crippen MR) is 78.1 cm³/mol. The third-order valence-corrected chi connectivity index (χ3v) is 3.95. The van der Waals surface area contributed by atoms with E-state index in [1.807, 2.05) is 6.92 Å². The van der Waals surface area contributed by atoms with Crippen LogP contribution in [-0.4, -0.2) is 35.6 Å². The highest BCUT2D eigenvalue weighted by Crippen LogP contribution is 2.30. The number of carbonyl (C=O) groups excluding carboxylic acids is 2. The fourth-order valence-electron chi connectivity index (χ4n) is 2.55. The highest BCUT2D eigenvalue weighted by atomic mass is 16.3. The Morgan fingerprint density at radius 1 is 1.15 bits per heavy atom. The zero-order valence-electron chi connectivity index (χ0n) is 12.9. The Morgan fingerprint density at radius 2 is 1.75 bits per heavy atom. The van der Waals surface area contributed by atoms with Gasteiger partial charge in [0.2, 0.25) is 11.8 Å². The van der Waals surface area contributed by atoms with Crippen LogP contribution in [0.25, 0.3) is 0 Å². The van der Waals surface area contributed by atoms with E-state index in [9.17, 15) is 14.7 Å². The van der Waals surface area contributed by atoms with Crippen LogP contribution >= 0.6 is 0 Å². The lowest BCUT2D eigenvalue weighted by molar-refractivity contribution is -0.131. The predicted octanol–water partition coefficient (Wildman–Crippen LogP) is 1.35. The number of rotatable bonds is 6. The molecule has 0 bridgehead atoms. The molecule has 0 unspecified atom stereocenters. The minimum atomic E-state index is -0.849. The van der Waals surface area contributed by atoms with Gasteiger partial charge in [0.05, 0.1) is 17.4 Å². The van der Waals surface area contributed by atoms with Crippen molar-refractivity contribution in [1.29, 1.82) is 0 Å². The van der Waals surface area contributed by atoms with E-state index in [4.69, 9.17) is 0 Å². The van der Waals surface area contributed by atoms with Crippen molar-refractivity contribution >= 4 is 11.8 Å². The molecule has 1 fully saturated rings. The van der Waals surface area contributed by atoms with E-state index in [0.29, 0.717) is 19.4 Å². The summed E-state index contributed by atoms with van der Waals surface area (Å²) >= 11 is 0. The van der Waals surface area contributed by atoms with Gasteiger partial charge in [-0.15, -0.1) is 0 Å². The SMILES string of the molecule is CCNC(=O)C(C)(C)CNC(=O)CC1(O)CCCCC1. The Bertz CT molecular complexity index is 347. The largest absolute Gasteiger partial charge is 0.389 e. The molecule has 116 valence electrons. The van der Waals surface area contributed by atoms with Gasteiger partial charge >= 0.3 is 0 Å². The first kappa shape index (κ1) is 17.0. The third-order valence-electron chi connectivity index (χ3n) is 3.95. The molecule has 1 aliphatic carbocycles. The van der Waals surface area contributed by atoms with E-state index >= 15 is 0 Å². The van der Waals surface area contributed by atoms with Gasteiger partial charge in [0.15, 0.2) is 0 Å². The molecule has 0 radical (unpaired) electrons. The lowest BCUT2D eigenvalue weighted by atomic mass is 9.82. The lowest BCUT2D eigenvalue weighted by Crippen LogP contribution is -2.46. The molecule has 1 saturated carbocycles. The summed E-state index contributed by atoms with van der Waals surface area (Å²) in [6.45, 7) is 6.33. The van der Waals surface area contributed by atoms with Crippen LogP contribution in [0.1, 0.15) is 59.3 Å². The lowest BCUT2D eigenvalue weighted by Gasteiger charge is -2.32. The Morgan fingerprint density at radius 3 is 2.30 bits per heavy atom. The topological polar surface area (TPSA) is 78.4 Å². The van der Waals surface area contributed by atoms with Gasteiger partial charge < -0.3 is 15.7 Å². The average Bonchev–Trinajstić information content (AvgIpc) is 2.37. The number of carbonyl (C=O) groups is 2. The number of aliphatic hydroxyl groups is 1. The second-order valence-electron chi connectivity index (χ2n) is 6.48. The van der Waals surface area contributed by atoms with Crippen LogP contribution in [0.5, 0.6) is 0 Å². The zero-order chi connectivity index (χ0) is 15.2. The van der Waals surface area contributed by atoms with Crippen molar-refractivity contribution in [2.45, 2.75) is 64.9 Å². The monoisotopic (exact) mass is 284 g/mol. The summed E-state index contributed by atoms with van der Waals surface area (Å²) in [5.74, 6) is -0.247. The Hall–Kier alpha value is -1.10. The molecule has 0 aromatic rings. The summed E-state index contributed by atoms with van der Waals surface area (Å²) in [7, 11) is 0. The van der Waals surface area contributed by atoms with E-state index in [1.54, 1.807) is 13.8 Å². The summed E-state index contributed by atoms with van der Waals surface area (Å²) in [5, 5.41) is 15.9. The Labute approximate surface area is 121 Å². The Balaban J connectivity index is 2.40. The van der Waals surface area contributed by atoms with E-state index in [0.717, 1.165) is 19.3 Å². The molecule has 5 heteroatoms. The van der Waals surface area contributed by atoms with Gasteiger partial charge in [-0.1, -0.05) is 19.3 Å². The average molecular weight is 284 g/mol. The fraction of sp³-hybridized carbons (Fsp3) is 0.867.